The Kier molecular flexibility index (Phi) is 2.92. The van der Waals surface area contributed by atoms with Gasteiger partial charge in [-0.15, -0.1) is 0 Å². The highest BCUT2D eigenvalue weighted by molar-refractivity contribution is 5.90. The zero-order chi connectivity index (χ0) is 5.70. The first-order valence-electron chi connectivity index (χ1n) is 1.78. The molecular weight excluding hydrogens is 97.0 g/mol. The number of halogens is 1. The molecule has 0 radical (unpaired) electrons. The van der Waals surface area contributed by atoms with E-state index in [1.807, 2.05) is 0 Å². The number of rotatable bonds is 2. The van der Waals surface area contributed by atoms with Crippen LogP contribution in [0.2, 0.25) is 0 Å². The van der Waals surface area contributed by atoms with Gasteiger partial charge in [0.2, 0.25) is 0 Å². The summed E-state index contributed by atoms with van der Waals surface area (Å²) in [5.74, 6) is -0.595. The minimum absolute atomic E-state index is 0.595. The van der Waals surface area contributed by atoms with Gasteiger partial charge in [0, 0.05) is 0 Å². The number of ketones is 1. The minimum Gasteiger partial charge on any atom is -0.404 e. The fourth-order valence-corrected chi connectivity index (χ4v) is 0.152. The van der Waals surface area contributed by atoms with Crippen molar-refractivity contribution in [1.29, 1.82) is 0 Å². The van der Waals surface area contributed by atoms with Crippen molar-refractivity contribution in [2.75, 3.05) is 6.67 Å². The molecule has 0 saturated carbocycles. The lowest BCUT2D eigenvalue weighted by Crippen LogP contribution is -1.94. The summed E-state index contributed by atoms with van der Waals surface area (Å²) < 4.78 is 11.1. The van der Waals surface area contributed by atoms with Crippen LogP contribution >= 0.6 is 0 Å². The molecule has 0 fully saturated rings. The molecule has 40 valence electrons. The third-order valence-electron chi connectivity index (χ3n) is 0.414. The molecule has 0 aromatic rings. The summed E-state index contributed by atoms with van der Waals surface area (Å²) in [6.45, 7) is -0.965. The largest absolute Gasteiger partial charge is 0.404 e. The van der Waals surface area contributed by atoms with Gasteiger partial charge in [0.25, 0.3) is 0 Å². The van der Waals surface area contributed by atoms with Crippen LogP contribution in [0.4, 0.5) is 4.39 Å². The highest BCUT2D eigenvalue weighted by atomic mass is 19.1. The van der Waals surface area contributed by atoms with Crippen molar-refractivity contribution in [1.82, 2.24) is 0 Å². The maximum absolute atomic E-state index is 11.1. The van der Waals surface area contributed by atoms with E-state index >= 15 is 0 Å². The van der Waals surface area contributed by atoms with Gasteiger partial charge >= 0.3 is 0 Å². The topological polar surface area (TPSA) is 43.1 Å². The van der Waals surface area contributed by atoms with Gasteiger partial charge in [-0.25, -0.2) is 4.39 Å². The molecule has 0 aliphatic rings. The van der Waals surface area contributed by atoms with Crippen molar-refractivity contribution in [3.8, 4) is 0 Å². The lowest BCUT2D eigenvalue weighted by molar-refractivity contribution is -0.115. The molecule has 2 nitrogen and oxygen atoms in total. The van der Waals surface area contributed by atoms with E-state index in [2.05, 4.69) is 0 Å². The zero-order valence-electron chi connectivity index (χ0n) is 3.73. The molecule has 0 spiro atoms. The summed E-state index contributed by atoms with van der Waals surface area (Å²) in [6, 6.07) is 0. The van der Waals surface area contributed by atoms with Crippen molar-refractivity contribution in [3.05, 3.63) is 12.3 Å². The quantitative estimate of drug-likeness (QED) is 0.500. The maximum atomic E-state index is 11.1. The van der Waals surface area contributed by atoms with Gasteiger partial charge < -0.3 is 5.73 Å². The van der Waals surface area contributed by atoms with Crippen LogP contribution in [0.5, 0.6) is 0 Å². The second-order valence-electron chi connectivity index (χ2n) is 0.959. The van der Waals surface area contributed by atoms with Crippen molar-refractivity contribution in [2.45, 2.75) is 0 Å². The van der Waals surface area contributed by atoms with Crippen LogP contribution in [0, 0.1) is 0 Å². The van der Waals surface area contributed by atoms with Gasteiger partial charge in [0.05, 0.1) is 0 Å². The predicted molar refractivity (Wildman–Crippen MR) is 24.3 cm³/mol. The van der Waals surface area contributed by atoms with E-state index in [-0.39, 0.29) is 0 Å². The van der Waals surface area contributed by atoms with Crippen LogP contribution in [0.25, 0.3) is 0 Å². The molecule has 0 aromatic heterocycles. The Morgan fingerprint density at radius 2 is 2.43 bits per heavy atom. The SMILES string of the molecule is NC=CC(=O)CF. The van der Waals surface area contributed by atoms with Crippen LogP contribution in [0.3, 0.4) is 0 Å². The number of nitrogens with two attached hydrogens (primary N) is 1. The summed E-state index contributed by atoms with van der Waals surface area (Å²) >= 11 is 0. The van der Waals surface area contributed by atoms with Crippen LogP contribution in [0.1, 0.15) is 0 Å². The van der Waals surface area contributed by atoms with Gasteiger partial charge in [-0.3, -0.25) is 4.79 Å². The maximum Gasteiger partial charge on any atom is 0.188 e. The minimum atomic E-state index is -0.965. The molecule has 0 bridgehead atoms. The molecule has 0 unspecified atom stereocenters. The predicted octanol–water partition coefficient (Wildman–Crippen LogP) is -0.00260. The Labute approximate surface area is 40.8 Å². The average Bonchev–Trinajstić information content (AvgIpc) is 1.68. The van der Waals surface area contributed by atoms with Crippen molar-refractivity contribution < 1.29 is 9.18 Å². The number of hydrogen-bond acceptors (Lipinski definition) is 2. The molecule has 3 heteroatoms. The summed E-state index contributed by atoms with van der Waals surface area (Å²) in [6.07, 6.45) is 2.00. The molecule has 0 atom stereocenters. The fraction of sp³-hybridized carbons (Fsp3) is 0.250. The van der Waals surface area contributed by atoms with E-state index in [1.54, 1.807) is 0 Å². The van der Waals surface area contributed by atoms with E-state index in [0.717, 1.165) is 12.3 Å². The lowest BCUT2D eigenvalue weighted by Gasteiger charge is -1.75. The van der Waals surface area contributed by atoms with Crippen molar-refractivity contribution in [2.24, 2.45) is 5.73 Å². The first kappa shape index (κ1) is 6.14. The van der Waals surface area contributed by atoms with Crippen LogP contribution in [0.15, 0.2) is 12.3 Å². The molecule has 0 aliphatic heterocycles. The molecule has 0 saturated heterocycles. The van der Waals surface area contributed by atoms with Gasteiger partial charge in [0.15, 0.2) is 12.5 Å². The Morgan fingerprint density at radius 1 is 1.86 bits per heavy atom. The van der Waals surface area contributed by atoms with Crippen LogP contribution in [-0.2, 0) is 4.79 Å². The first-order chi connectivity index (χ1) is 3.31. The van der Waals surface area contributed by atoms with Crippen molar-refractivity contribution in [3.63, 3.8) is 0 Å². The summed E-state index contributed by atoms with van der Waals surface area (Å²) in [7, 11) is 0. The van der Waals surface area contributed by atoms with Gasteiger partial charge in [0.1, 0.15) is 0 Å². The Hall–Kier alpha value is -0.860. The monoisotopic (exact) mass is 103 g/mol. The van der Waals surface area contributed by atoms with E-state index in [4.69, 9.17) is 5.73 Å². The highest BCUT2D eigenvalue weighted by Gasteiger charge is 1.88. The Bertz CT molecular complexity index is 89.7. The molecule has 0 rings (SSSR count). The fourth-order valence-electron chi connectivity index (χ4n) is 0.152. The normalized spacial score (nSPS) is 9.86. The molecule has 7 heavy (non-hydrogen) atoms. The van der Waals surface area contributed by atoms with Crippen LogP contribution in [-0.4, -0.2) is 12.5 Å². The summed E-state index contributed by atoms with van der Waals surface area (Å²) in [4.78, 5) is 9.87. The second kappa shape index (κ2) is 3.33. The molecule has 0 aromatic carbocycles. The van der Waals surface area contributed by atoms with E-state index in [0.29, 0.717) is 0 Å². The van der Waals surface area contributed by atoms with Crippen LogP contribution < -0.4 is 5.73 Å². The molecule has 0 heterocycles. The molecule has 0 aliphatic carbocycles. The third-order valence-corrected chi connectivity index (χ3v) is 0.414. The van der Waals surface area contributed by atoms with E-state index in [1.165, 1.54) is 0 Å². The van der Waals surface area contributed by atoms with E-state index in [9.17, 15) is 9.18 Å². The molecular formula is C4H6FNO. The first-order valence-corrected chi connectivity index (χ1v) is 1.78. The average molecular weight is 103 g/mol. The number of hydrogen-bond donors (Lipinski definition) is 1. The van der Waals surface area contributed by atoms with Gasteiger partial charge in [-0.1, -0.05) is 0 Å². The summed E-state index contributed by atoms with van der Waals surface area (Å²) in [5.41, 5.74) is 4.74. The van der Waals surface area contributed by atoms with Crippen molar-refractivity contribution >= 4 is 5.78 Å². The lowest BCUT2D eigenvalue weighted by atomic mass is 10.4. The smallest absolute Gasteiger partial charge is 0.188 e. The van der Waals surface area contributed by atoms with Gasteiger partial charge in [-0.05, 0) is 12.3 Å². The Morgan fingerprint density at radius 3 is 2.57 bits per heavy atom. The zero-order valence-corrected chi connectivity index (χ0v) is 3.73. The number of allylic oxidation sites excluding steroid dienone is 1. The third kappa shape index (κ3) is 2.96. The number of carbonyl (C=O) groups is 1. The highest BCUT2D eigenvalue weighted by Crippen LogP contribution is 1.72. The summed E-state index contributed by atoms with van der Waals surface area (Å²) in [5, 5.41) is 0. The van der Waals surface area contributed by atoms with Gasteiger partial charge in [-0.2, -0.15) is 0 Å². The number of alkyl halides is 1. The molecule has 2 N–H and O–H groups in total. The standard InChI is InChI=1S/C4H6FNO/c5-3-4(7)1-2-6/h1-2H,3,6H2. The molecule has 0 amide bonds. The second-order valence-corrected chi connectivity index (χ2v) is 0.959. The number of carbonyl (C=O) groups excluding carboxylic acids is 1. The Balaban J connectivity index is 3.37. The van der Waals surface area contributed by atoms with E-state index < -0.39 is 12.5 Å².